The predicted octanol–water partition coefficient (Wildman–Crippen LogP) is 5.71. The third kappa shape index (κ3) is 6.61. The van der Waals surface area contributed by atoms with Gasteiger partial charge in [-0.2, -0.15) is 0 Å². The Kier molecular flexibility index (Phi) is 8.41. The number of hydrogen-bond acceptors (Lipinski definition) is 7. The second-order valence-electron chi connectivity index (χ2n) is 8.87. The second kappa shape index (κ2) is 12.1. The lowest BCUT2D eigenvalue weighted by Crippen LogP contribution is -2.31. The fourth-order valence-corrected chi connectivity index (χ4v) is 6.12. The van der Waals surface area contributed by atoms with Gasteiger partial charge in [0.05, 0.1) is 28.7 Å². The molecular weight excluding hydrogens is 520 g/mol. The van der Waals surface area contributed by atoms with E-state index in [4.69, 9.17) is 9.47 Å². The molecule has 0 aliphatic carbocycles. The average Bonchev–Trinajstić information content (AvgIpc) is 2.97. The second-order valence-corrected chi connectivity index (χ2v) is 11.6. The lowest BCUT2D eigenvalue weighted by Gasteiger charge is -2.36. The van der Waals surface area contributed by atoms with Crippen LogP contribution >= 0.6 is 11.8 Å². The summed E-state index contributed by atoms with van der Waals surface area (Å²) in [5.41, 5.74) is 3.09. The zero-order valence-corrected chi connectivity index (χ0v) is 22.1. The zero-order chi connectivity index (χ0) is 26.4. The molecule has 4 aromatic rings. The smallest absolute Gasteiger partial charge is 0.261 e. The Morgan fingerprint density at radius 2 is 1.58 bits per heavy atom. The monoisotopic (exact) mass is 548 g/mol. The van der Waals surface area contributed by atoms with Crippen LogP contribution in [0.1, 0.15) is 35.5 Å². The molecular formula is C29H28N2O5S2. The van der Waals surface area contributed by atoms with E-state index in [1.165, 1.54) is 0 Å². The number of aliphatic hydroxyl groups excluding tert-OH is 1. The maximum Gasteiger partial charge on any atom is 0.261 e. The largest absolute Gasteiger partial charge is 0.392 e. The van der Waals surface area contributed by atoms with Gasteiger partial charge in [-0.1, -0.05) is 60.7 Å². The van der Waals surface area contributed by atoms with Crippen molar-refractivity contribution in [1.29, 1.82) is 0 Å². The molecule has 0 bridgehead atoms. The summed E-state index contributed by atoms with van der Waals surface area (Å²) in [4.78, 5) is 4.59. The summed E-state index contributed by atoms with van der Waals surface area (Å²) in [6.07, 6.45) is 1.52. The molecule has 7 nitrogen and oxygen atoms in total. The van der Waals surface area contributed by atoms with Gasteiger partial charge in [0.1, 0.15) is 0 Å². The summed E-state index contributed by atoms with van der Waals surface area (Å²) in [5, 5.41) is 10.3. The van der Waals surface area contributed by atoms with Gasteiger partial charge in [-0.15, -0.1) is 11.8 Å². The van der Waals surface area contributed by atoms with Crippen LogP contribution in [0.15, 0.2) is 113 Å². The number of benzene rings is 3. The summed E-state index contributed by atoms with van der Waals surface area (Å²) in [7, 11) is -3.68. The Balaban J connectivity index is 1.33. The van der Waals surface area contributed by atoms with Crippen molar-refractivity contribution in [3.05, 3.63) is 120 Å². The molecule has 3 aromatic carbocycles. The van der Waals surface area contributed by atoms with Gasteiger partial charge in [0.2, 0.25) is 0 Å². The SMILES string of the molecule is O=S(=O)(Nc1ccc([C@H]2O[C@@H](CSc3ccccn3)C[C@@H](c3ccc(CO)cc3)O2)cc1)c1ccccc1. The third-order valence-corrected chi connectivity index (χ3v) is 8.63. The fraction of sp³-hybridized carbons (Fsp3) is 0.207. The minimum Gasteiger partial charge on any atom is -0.392 e. The molecule has 0 radical (unpaired) electrons. The molecule has 2 heterocycles. The van der Waals surface area contributed by atoms with Crippen LogP contribution < -0.4 is 4.72 Å². The van der Waals surface area contributed by atoms with Gasteiger partial charge < -0.3 is 14.6 Å². The molecule has 0 amide bonds. The summed E-state index contributed by atoms with van der Waals surface area (Å²) in [6.45, 7) is -0.0126. The molecule has 38 heavy (non-hydrogen) atoms. The number of nitrogens with one attached hydrogen (secondary N) is 1. The molecule has 196 valence electrons. The van der Waals surface area contributed by atoms with Crippen LogP contribution in [-0.2, 0) is 26.1 Å². The molecule has 5 rings (SSSR count). The normalized spacial score (nSPS) is 19.7. The average molecular weight is 549 g/mol. The Morgan fingerprint density at radius 3 is 2.26 bits per heavy atom. The standard InChI is InChI=1S/C29H28N2O5S2/c32-19-21-9-11-22(12-10-21)27-18-25(20-37-28-8-4-5-17-30-28)35-29(36-27)23-13-15-24(16-14-23)31-38(33,34)26-6-2-1-3-7-26/h1-17,25,27,29,31-32H,18-20H2/t25-,27+,29+/m1/s1. The van der Waals surface area contributed by atoms with Crippen LogP contribution in [0.3, 0.4) is 0 Å². The topological polar surface area (TPSA) is 97.8 Å². The third-order valence-electron chi connectivity index (χ3n) is 6.16. The Hall–Kier alpha value is -3.21. The van der Waals surface area contributed by atoms with Crippen molar-refractivity contribution in [2.24, 2.45) is 0 Å². The number of rotatable bonds is 9. The summed E-state index contributed by atoms with van der Waals surface area (Å²) < 4.78 is 40.7. The number of pyridine rings is 1. The van der Waals surface area contributed by atoms with Crippen molar-refractivity contribution in [2.45, 2.75) is 41.4 Å². The Morgan fingerprint density at radius 1 is 0.868 bits per heavy atom. The zero-order valence-electron chi connectivity index (χ0n) is 20.5. The van der Waals surface area contributed by atoms with E-state index in [1.54, 1.807) is 60.4 Å². The van der Waals surface area contributed by atoms with E-state index >= 15 is 0 Å². The van der Waals surface area contributed by atoms with E-state index in [0.29, 0.717) is 17.9 Å². The van der Waals surface area contributed by atoms with Gasteiger partial charge in [-0.05, 0) is 47.5 Å². The van der Waals surface area contributed by atoms with Gasteiger partial charge in [-0.3, -0.25) is 4.72 Å². The highest BCUT2D eigenvalue weighted by Crippen LogP contribution is 2.39. The number of aliphatic hydroxyl groups is 1. The van der Waals surface area contributed by atoms with Crippen molar-refractivity contribution in [3.8, 4) is 0 Å². The molecule has 1 saturated heterocycles. The van der Waals surface area contributed by atoms with Gasteiger partial charge >= 0.3 is 0 Å². The number of hydrogen-bond donors (Lipinski definition) is 2. The summed E-state index contributed by atoms with van der Waals surface area (Å²) in [6, 6.07) is 28.9. The van der Waals surface area contributed by atoms with Crippen molar-refractivity contribution < 1.29 is 23.0 Å². The Labute approximate surface area is 226 Å². The highest BCUT2D eigenvalue weighted by molar-refractivity contribution is 7.99. The van der Waals surface area contributed by atoms with Crippen molar-refractivity contribution in [3.63, 3.8) is 0 Å². The van der Waals surface area contributed by atoms with Crippen LogP contribution in [0.5, 0.6) is 0 Å². The molecule has 1 aromatic heterocycles. The van der Waals surface area contributed by atoms with Crippen LogP contribution in [0.25, 0.3) is 0 Å². The maximum atomic E-state index is 12.7. The van der Waals surface area contributed by atoms with Crippen LogP contribution in [0, 0.1) is 0 Å². The van der Waals surface area contributed by atoms with E-state index in [0.717, 1.165) is 21.7 Å². The molecule has 0 spiro atoms. The van der Waals surface area contributed by atoms with Crippen molar-refractivity contribution >= 4 is 27.5 Å². The molecule has 3 atom stereocenters. The van der Waals surface area contributed by atoms with Gasteiger partial charge in [0.15, 0.2) is 6.29 Å². The molecule has 9 heteroatoms. The summed E-state index contributed by atoms with van der Waals surface area (Å²) in [5.74, 6) is 0.705. The number of anilines is 1. The first kappa shape index (κ1) is 26.4. The number of aromatic nitrogens is 1. The minimum atomic E-state index is -3.68. The van der Waals surface area contributed by atoms with Crippen LogP contribution in [0.4, 0.5) is 5.69 Å². The van der Waals surface area contributed by atoms with E-state index in [2.05, 4.69) is 9.71 Å². The molecule has 0 saturated carbocycles. The number of thioether (sulfide) groups is 1. The lowest BCUT2D eigenvalue weighted by atomic mass is 10.0. The molecule has 0 unspecified atom stereocenters. The van der Waals surface area contributed by atoms with E-state index in [1.807, 2.05) is 54.6 Å². The van der Waals surface area contributed by atoms with Crippen LogP contribution in [-0.4, -0.2) is 30.4 Å². The van der Waals surface area contributed by atoms with E-state index in [-0.39, 0.29) is 23.7 Å². The highest BCUT2D eigenvalue weighted by Gasteiger charge is 2.32. The first-order chi connectivity index (χ1) is 18.5. The van der Waals surface area contributed by atoms with E-state index < -0.39 is 16.3 Å². The first-order valence-corrected chi connectivity index (χ1v) is 14.7. The van der Waals surface area contributed by atoms with Crippen molar-refractivity contribution in [1.82, 2.24) is 4.98 Å². The fourth-order valence-electron chi connectivity index (χ4n) is 4.16. The number of nitrogens with zero attached hydrogens (tertiary/aromatic N) is 1. The number of sulfonamides is 1. The number of ether oxygens (including phenoxy) is 2. The molecule has 1 aliphatic heterocycles. The minimum absolute atomic E-state index is 0.0126. The van der Waals surface area contributed by atoms with Crippen molar-refractivity contribution in [2.75, 3.05) is 10.5 Å². The summed E-state index contributed by atoms with van der Waals surface area (Å²) >= 11 is 1.63. The molecule has 1 aliphatic rings. The highest BCUT2D eigenvalue weighted by atomic mass is 32.2. The molecule has 2 N–H and O–H groups in total. The Bertz CT molecular complexity index is 1420. The van der Waals surface area contributed by atoms with Gasteiger partial charge in [0, 0.05) is 29.6 Å². The molecule has 1 fully saturated rings. The van der Waals surface area contributed by atoms with Gasteiger partial charge in [0.25, 0.3) is 10.0 Å². The maximum absolute atomic E-state index is 12.7. The van der Waals surface area contributed by atoms with E-state index in [9.17, 15) is 13.5 Å². The first-order valence-electron chi connectivity index (χ1n) is 12.2. The predicted molar refractivity (Wildman–Crippen MR) is 147 cm³/mol. The lowest BCUT2D eigenvalue weighted by molar-refractivity contribution is -0.245. The van der Waals surface area contributed by atoms with Gasteiger partial charge in [-0.25, -0.2) is 13.4 Å². The van der Waals surface area contributed by atoms with Crippen LogP contribution in [0.2, 0.25) is 0 Å². The quantitative estimate of drug-likeness (QED) is 0.259.